The molecule has 0 aliphatic carbocycles. The Morgan fingerprint density at radius 1 is 1.27 bits per heavy atom. The van der Waals surface area contributed by atoms with Crippen molar-refractivity contribution in [1.82, 2.24) is 14.2 Å². The summed E-state index contributed by atoms with van der Waals surface area (Å²) in [5.74, 6) is -0.200. The van der Waals surface area contributed by atoms with Crippen LogP contribution in [0, 0.1) is 0 Å². The first-order valence-corrected chi connectivity index (χ1v) is 14.6. The number of halogens is 1. The van der Waals surface area contributed by atoms with E-state index in [1.165, 1.54) is 27.0 Å². The van der Waals surface area contributed by atoms with Gasteiger partial charge in [0.15, 0.2) is 5.13 Å². The Balaban J connectivity index is 0.00000306. The molecule has 180 valence electrons. The van der Waals surface area contributed by atoms with Gasteiger partial charge in [-0.05, 0) is 62.8 Å². The summed E-state index contributed by atoms with van der Waals surface area (Å²) in [7, 11) is 0.211. The maximum Gasteiger partial charge on any atom is 0.253 e. The van der Waals surface area contributed by atoms with Crippen molar-refractivity contribution in [3.63, 3.8) is 0 Å². The van der Waals surface area contributed by atoms with Crippen LogP contribution in [0.5, 0.6) is 0 Å². The maximum atomic E-state index is 13.8. The number of thioether (sulfide) groups is 1. The minimum atomic E-state index is -3.70. The van der Waals surface area contributed by atoms with Gasteiger partial charge in [0.05, 0.1) is 10.2 Å². The molecular weight excluding hydrogens is 520 g/mol. The largest absolute Gasteiger partial charge is 0.308 e. The lowest BCUT2D eigenvalue weighted by Gasteiger charge is -2.29. The highest BCUT2D eigenvalue weighted by Crippen LogP contribution is 2.34. The van der Waals surface area contributed by atoms with Gasteiger partial charge in [-0.25, -0.2) is 13.4 Å². The van der Waals surface area contributed by atoms with E-state index >= 15 is 0 Å². The molecule has 33 heavy (non-hydrogen) atoms. The maximum absolute atomic E-state index is 13.8. The second kappa shape index (κ2) is 11.0. The highest BCUT2D eigenvalue weighted by atomic mass is 35.5. The molecule has 1 aromatic carbocycles. The third-order valence-electron chi connectivity index (χ3n) is 5.40. The monoisotopic (exact) mass is 546 g/mol. The number of likely N-dealkylation sites (N-methyl/N-ethyl adjacent to an activating group) is 1. The van der Waals surface area contributed by atoms with Gasteiger partial charge in [-0.15, -0.1) is 35.5 Å². The molecule has 0 saturated carbocycles. The SMILES string of the molecule is CSc1ccc2nc(N(CCN(C)C)C(=O)C3CCCN3S(=O)(=O)c3cccs3)sc2c1.Cl. The van der Waals surface area contributed by atoms with Crippen molar-refractivity contribution >= 4 is 78.1 Å². The Morgan fingerprint density at radius 3 is 2.73 bits per heavy atom. The van der Waals surface area contributed by atoms with Crippen LogP contribution < -0.4 is 4.90 Å². The third-order valence-corrected chi connectivity index (χ3v) is 10.4. The summed E-state index contributed by atoms with van der Waals surface area (Å²) in [6, 6.07) is 8.68. The second-order valence-electron chi connectivity index (χ2n) is 7.83. The zero-order valence-electron chi connectivity index (χ0n) is 18.6. The number of amides is 1. The average Bonchev–Trinajstić information content (AvgIpc) is 3.53. The molecule has 12 heteroatoms. The summed E-state index contributed by atoms with van der Waals surface area (Å²) in [6.07, 6.45) is 3.21. The van der Waals surface area contributed by atoms with Crippen LogP contribution in [0.4, 0.5) is 5.13 Å². The molecule has 3 aromatic rings. The van der Waals surface area contributed by atoms with Gasteiger partial charge in [-0.1, -0.05) is 17.4 Å². The summed E-state index contributed by atoms with van der Waals surface area (Å²) >= 11 is 4.32. The standard InChI is InChI=1S/C21H26N4O3S4.ClH/c1-23(2)11-12-24(21-22-16-9-8-15(29-3)14-18(16)31-21)20(26)17-6-4-10-25(17)32(27,28)19-7-5-13-30-19;/h5,7-9,13-14,17H,4,6,10-12H2,1-3H3;1H. The lowest BCUT2D eigenvalue weighted by atomic mass is 10.2. The van der Waals surface area contributed by atoms with Crippen molar-refractivity contribution in [1.29, 1.82) is 0 Å². The number of thiophene rings is 1. The van der Waals surface area contributed by atoms with Gasteiger partial charge in [0.2, 0.25) is 5.91 Å². The van der Waals surface area contributed by atoms with Crippen molar-refractivity contribution in [2.75, 3.05) is 44.9 Å². The number of anilines is 1. The molecule has 0 bridgehead atoms. The molecule has 2 aromatic heterocycles. The quantitative estimate of drug-likeness (QED) is 0.393. The Bertz CT molecular complexity index is 1200. The van der Waals surface area contributed by atoms with Crippen LogP contribution in [0.1, 0.15) is 12.8 Å². The summed E-state index contributed by atoms with van der Waals surface area (Å²) in [5.41, 5.74) is 0.847. The van der Waals surface area contributed by atoms with Crippen LogP contribution >= 0.6 is 46.8 Å². The first-order valence-electron chi connectivity index (χ1n) is 10.3. The predicted octanol–water partition coefficient (Wildman–Crippen LogP) is 4.25. The van der Waals surface area contributed by atoms with E-state index in [1.807, 2.05) is 37.4 Å². The first-order chi connectivity index (χ1) is 15.3. The smallest absolute Gasteiger partial charge is 0.253 e. The fraction of sp³-hybridized carbons (Fsp3) is 0.429. The van der Waals surface area contributed by atoms with Crippen molar-refractivity contribution in [3.05, 3.63) is 35.7 Å². The van der Waals surface area contributed by atoms with Gasteiger partial charge in [0, 0.05) is 24.5 Å². The topological polar surface area (TPSA) is 73.8 Å². The van der Waals surface area contributed by atoms with E-state index in [2.05, 4.69) is 6.07 Å². The third kappa shape index (κ3) is 5.55. The zero-order valence-corrected chi connectivity index (χ0v) is 22.7. The van der Waals surface area contributed by atoms with Crippen LogP contribution in [0.25, 0.3) is 10.2 Å². The predicted molar refractivity (Wildman–Crippen MR) is 141 cm³/mol. The number of hydrogen-bond donors (Lipinski definition) is 0. The van der Waals surface area contributed by atoms with Crippen LogP contribution in [0.15, 0.2) is 44.8 Å². The molecule has 0 N–H and O–H groups in total. The number of benzene rings is 1. The molecule has 1 atom stereocenters. The number of aromatic nitrogens is 1. The van der Waals surface area contributed by atoms with E-state index in [0.29, 0.717) is 37.6 Å². The van der Waals surface area contributed by atoms with Gasteiger partial charge >= 0.3 is 0 Å². The van der Waals surface area contributed by atoms with Crippen LogP contribution in [-0.4, -0.2) is 74.5 Å². The number of rotatable bonds is 8. The van der Waals surface area contributed by atoms with Crippen molar-refractivity contribution in [2.45, 2.75) is 28.0 Å². The lowest BCUT2D eigenvalue weighted by molar-refractivity contribution is -0.121. The van der Waals surface area contributed by atoms with Gasteiger partial charge in [-0.2, -0.15) is 4.31 Å². The summed E-state index contributed by atoms with van der Waals surface area (Å²) in [4.78, 5) is 23.3. The lowest BCUT2D eigenvalue weighted by Crippen LogP contribution is -2.49. The normalized spacial score (nSPS) is 16.9. The van der Waals surface area contributed by atoms with Gasteiger partial charge < -0.3 is 4.90 Å². The molecule has 1 amide bonds. The summed E-state index contributed by atoms with van der Waals surface area (Å²) < 4.78 is 29.1. The number of sulfonamides is 1. The fourth-order valence-electron chi connectivity index (χ4n) is 3.72. The molecule has 1 fully saturated rings. The molecule has 0 radical (unpaired) electrons. The number of thiazole rings is 1. The Labute approximate surface area is 213 Å². The van der Waals surface area contributed by atoms with E-state index < -0.39 is 16.1 Å². The Kier molecular flexibility index (Phi) is 8.82. The molecule has 7 nitrogen and oxygen atoms in total. The van der Waals surface area contributed by atoms with E-state index in [4.69, 9.17) is 4.98 Å². The highest BCUT2D eigenvalue weighted by molar-refractivity contribution is 7.98. The van der Waals surface area contributed by atoms with Crippen molar-refractivity contribution in [2.24, 2.45) is 0 Å². The summed E-state index contributed by atoms with van der Waals surface area (Å²) in [5, 5.41) is 2.36. The van der Waals surface area contributed by atoms with Gasteiger partial charge in [0.25, 0.3) is 10.0 Å². The zero-order chi connectivity index (χ0) is 22.9. The first kappa shape index (κ1) is 26.4. The number of fused-ring (bicyclic) bond motifs is 1. The average molecular weight is 547 g/mol. The molecule has 1 unspecified atom stereocenters. The van der Waals surface area contributed by atoms with E-state index in [-0.39, 0.29) is 22.5 Å². The fourth-order valence-corrected chi connectivity index (χ4v) is 8.04. The minimum absolute atomic E-state index is 0. The van der Waals surface area contributed by atoms with Crippen LogP contribution in [-0.2, 0) is 14.8 Å². The second-order valence-corrected chi connectivity index (χ2v) is 12.8. The summed E-state index contributed by atoms with van der Waals surface area (Å²) in [6.45, 7) is 1.46. The number of hydrogen-bond acceptors (Lipinski definition) is 8. The van der Waals surface area contributed by atoms with Gasteiger partial charge in [-0.3, -0.25) is 9.69 Å². The minimum Gasteiger partial charge on any atom is -0.308 e. The van der Waals surface area contributed by atoms with Crippen molar-refractivity contribution in [3.8, 4) is 0 Å². The molecule has 4 rings (SSSR count). The number of carbonyl (C=O) groups excluding carboxylic acids is 1. The Morgan fingerprint density at radius 2 is 2.06 bits per heavy atom. The molecular formula is C21H27ClN4O3S4. The molecule has 3 heterocycles. The Hall–Kier alpha value is -1.21. The van der Waals surface area contributed by atoms with E-state index in [1.54, 1.807) is 34.2 Å². The number of nitrogens with zero attached hydrogens (tertiary/aromatic N) is 4. The van der Waals surface area contributed by atoms with E-state index in [9.17, 15) is 13.2 Å². The van der Waals surface area contributed by atoms with Crippen molar-refractivity contribution < 1.29 is 13.2 Å². The van der Waals surface area contributed by atoms with Gasteiger partial charge in [0.1, 0.15) is 10.3 Å². The molecule has 1 aliphatic rings. The van der Waals surface area contributed by atoms with Crippen LogP contribution in [0.2, 0.25) is 0 Å². The van der Waals surface area contributed by atoms with E-state index in [0.717, 1.165) is 15.1 Å². The highest BCUT2D eigenvalue weighted by Gasteiger charge is 2.42. The molecule has 1 aliphatic heterocycles. The molecule has 0 spiro atoms. The molecule has 1 saturated heterocycles. The number of carbonyl (C=O) groups is 1. The van der Waals surface area contributed by atoms with Crippen LogP contribution in [0.3, 0.4) is 0 Å².